The molecule has 0 aliphatic heterocycles. The largest absolute Gasteiger partial charge is 0.350 e. The van der Waals surface area contributed by atoms with Crippen LogP contribution in [0.3, 0.4) is 0 Å². The zero-order valence-electron chi connectivity index (χ0n) is 13.7. The fourth-order valence-electron chi connectivity index (χ4n) is 2.42. The Hall–Kier alpha value is -3.12. The van der Waals surface area contributed by atoms with Gasteiger partial charge in [0, 0.05) is 50.3 Å². The lowest BCUT2D eigenvalue weighted by Gasteiger charge is -2.18. The highest BCUT2D eigenvalue weighted by molar-refractivity contribution is 5.83. The minimum atomic E-state index is -0.487. The van der Waals surface area contributed by atoms with Gasteiger partial charge in [-0.15, -0.1) is 0 Å². The smallest absolute Gasteiger partial charge is 0.242 e. The minimum Gasteiger partial charge on any atom is -0.350 e. The van der Waals surface area contributed by atoms with Gasteiger partial charge in [-0.3, -0.25) is 25.1 Å². The lowest BCUT2D eigenvalue weighted by molar-refractivity contribution is -0.123. The summed E-state index contributed by atoms with van der Waals surface area (Å²) in [5.74, 6) is -0.106. The monoisotopic (exact) mass is 333 g/mol. The number of aromatic nitrogens is 3. The molecule has 6 heteroatoms. The molecule has 0 aliphatic carbocycles. The van der Waals surface area contributed by atoms with Crippen LogP contribution in [0.15, 0.2) is 73.6 Å². The highest BCUT2D eigenvalue weighted by Crippen LogP contribution is 2.13. The summed E-state index contributed by atoms with van der Waals surface area (Å²) < 4.78 is 0. The Balaban J connectivity index is 1.68. The van der Waals surface area contributed by atoms with Gasteiger partial charge in [-0.1, -0.05) is 12.1 Å². The second kappa shape index (κ2) is 8.65. The molecular weight excluding hydrogens is 314 g/mol. The molecular formula is C19H19N5O. The first-order valence-corrected chi connectivity index (χ1v) is 8.02. The molecule has 0 saturated carbocycles. The number of carbonyl (C=O) groups is 1. The van der Waals surface area contributed by atoms with Crippen molar-refractivity contribution in [1.82, 2.24) is 25.6 Å². The van der Waals surface area contributed by atoms with Crippen molar-refractivity contribution in [3.8, 4) is 0 Å². The van der Waals surface area contributed by atoms with E-state index in [0.29, 0.717) is 13.1 Å². The lowest BCUT2D eigenvalue weighted by atomic mass is 10.1. The molecule has 2 N–H and O–H groups in total. The number of amides is 1. The van der Waals surface area contributed by atoms with Gasteiger partial charge in [0.15, 0.2) is 0 Å². The second-order valence-corrected chi connectivity index (χ2v) is 5.53. The van der Waals surface area contributed by atoms with Crippen LogP contribution in [0.25, 0.3) is 0 Å². The summed E-state index contributed by atoms with van der Waals surface area (Å²) in [5, 5.41) is 6.25. The van der Waals surface area contributed by atoms with Gasteiger partial charge in [0.05, 0.1) is 0 Å². The summed E-state index contributed by atoms with van der Waals surface area (Å²) >= 11 is 0. The SMILES string of the molecule is O=C(NCc1cccnc1)C(NCc1ccncc1)c1cccnc1. The molecule has 0 bridgehead atoms. The highest BCUT2D eigenvalue weighted by Gasteiger charge is 2.20. The molecule has 6 nitrogen and oxygen atoms in total. The van der Waals surface area contributed by atoms with Crippen LogP contribution in [0.4, 0.5) is 0 Å². The molecule has 0 saturated heterocycles. The normalized spacial score (nSPS) is 11.7. The highest BCUT2D eigenvalue weighted by atomic mass is 16.2. The van der Waals surface area contributed by atoms with Crippen LogP contribution >= 0.6 is 0 Å². The van der Waals surface area contributed by atoms with E-state index in [1.165, 1.54) is 0 Å². The summed E-state index contributed by atoms with van der Waals surface area (Å²) in [4.78, 5) is 24.9. The summed E-state index contributed by atoms with van der Waals surface area (Å²) in [6.07, 6.45) is 10.3. The van der Waals surface area contributed by atoms with Crippen molar-refractivity contribution in [1.29, 1.82) is 0 Å². The van der Waals surface area contributed by atoms with Gasteiger partial charge < -0.3 is 5.32 Å². The third-order valence-corrected chi connectivity index (χ3v) is 3.73. The van der Waals surface area contributed by atoms with Crippen LogP contribution in [0.5, 0.6) is 0 Å². The lowest BCUT2D eigenvalue weighted by Crippen LogP contribution is -2.37. The van der Waals surface area contributed by atoms with E-state index in [4.69, 9.17) is 0 Å². The molecule has 1 amide bonds. The Morgan fingerprint density at radius 3 is 2.28 bits per heavy atom. The predicted octanol–water partition coefficient (Wildman–Crippen LogP) is 2.02. The molecule has 3 aromatic heterocycles. The molecule has 25 heavy (non-hydrogen) atoms. The zero-order valence-corrected chi connectivity index (χ0v) is 13.7. The number of rotatable bonds is 7. The molecule has 1 unspecified atom stereocenters. The zero-order chi connectivity index (χ0) is 17.3. The van der Waals surface area contributed by atoms with E-state index in [1.807, 2.05) is 36.4 Å². The van der Waals surface area contributed by atoms with Crippen LogP contribution in [-0.2, 0) is 17.9 Å². The number of hydrogen-bond acceptors (Lipinski definition) is 5. The third-order valence-electron chi connectivity index (χ3n) is 3.73. The van der Waals surface area contributed by atoms with Crippen molar-refractivity contribution in [3.63, 3.8) is 0 Å². The Morgan fingerprint density at radius 2 is 1.60 bits per heavy atom. The summed E-state index contributed by atoms with van der Waals surface area (Å²) in [6.45, 7) is 0.989. The average molecular weight is 333 g/mol. The Morgan fingerprint density at radius 1 is 0.840 bits per heavy atom. The number of pyridine rings is 3. The van der Waals surface area contributed by atoms with Gasteiger partial charge in [0.1, 0.15) is 6.04 Å². The Bertz CT molecular complexity index is 781. The van der Waals surface area contributed by atoms with E-state index < -0.39 is 6.04 Å². The number of hydrogen-bond donors (Lipinski definition) is 2. The molecule has 0 aliphatic rings. The van der Waals surface area contributed by atoms with Gasteiger partial charge in [-0.25, -0.2) is 0 Å². The number of carbonyl (C=O) groups excluding carboxylic acids is 1. The first kappa shape index (κ1) is 16.7. The van der Waals surface area contributed by atoms with E-state index in [2.05, 4.69) is 25.6 Å². The van der Waals surface area contributed by atoms with Crippen molar-refractivity contribution >= 4 is 5.91 Å². The average Bonchev–Trinajstić information content (AvgIpc) is 2.69. The van der Waals surface area contributed by atoms with Crippen molar-refractivity contribution in [2.45, 2.75) is 19.1 Å². The summed E-state index contributed by atoms with van der Waals surface area (Å²) in [5.41, 5.74) is 2.83. The molecule has 1 atom stereocenters. The van der Waals surface area contributed by atoms with Crippen LogP contribution in [0, 0.1) is 0 Å². The van der Waals surface area contributed by atoms with Crippen LogP contribution in [0.1, 0.15) is 22.7 Å². The van der Waals surface area contributed by atoms with Crippen molar-refractivity contribution < 1.29 is 4.79 Å². The van der Waals surface area contributed by atoms with Gasteiger partial charge in [0.25, 0.3) is 0 Å². The van der Waals surface area contributed by atoms with Crippen LogP contribution in [-0.4, -0.2) is 20.9 Å². The molecule has 0 radical (unpaired) electrons. The van der Waals surface area contributed by atoms with E-state index in [1.54, 1.807) is 37.2 Å². The number of nitrogens with zero attached hydrogens (tertiary/aromatic N) is 3. The topological polar surface area (TPSA) is 79.8 Å². The Kier molecular flexibility index (Phi) is 5.79. The standard InChI is InChI=1S/C19H19N5O/c25-19(24-13-16-3-1-7-21-11-16)18(17-4-2-8-22-14-17)23-12-15-5-9-20-10-6-15/h1-11,14,18,23H,12-13H2,(H,24,25). The fraction of sp³-hybridized carbons (Fsp3) is 0.158. The fourth-order valence-corrected chi connectivity index (χ4v) is 2.42. The molecule has 0 aromatic carbocycles. The van der Waals surface area contributed by atoms with Gasteiger partial charge in [-0.05, 0) is 41.0 Å². The van der Waals surface area contributed by atoms with E-state index >= 15 is 0 Å². The number of nitrogens with one attached hydrogen (secondary N) is 2. The molecule has 126 valence electrons. The van der Waals surface area contributed by atoms with Crippen molar-refractivity contribution in [2.75, 3.05) is 0 Å². The van der Waals surface area contributed by atoms with E-state index in [9.17, 15) is 4.79 Å². The van der Waals surface area contributed by atoms with Gasteiger partial charge in [-0.2, -0.15) is 0 Å². The Labute approximate surface area is 146 Å². The van der Waals surface area contributed by atoms with Crippen LogP contribution < -0.4 is 10.6 Å². The maximum atomic E-state index is 12.7. The van der Waals surface area contributed by atoms with Gasteiger partial charge in [0.2, 0.25) is 5.91 Å². The van der Waals surface area contributed by atoms with Crippen LogP contribution in [0.2, 0.25) is 0 Å². The van der Waals surface area contributed by atoms with Crippen molar-refractivity contribution in [3.05, 3.63) is 90.3 Å². The summed E-state index contributed by atoms with van der Waals surface area (Å²) in [6, 6.07) is 10.8. The van der Waals surface area contributed by atoms with E-state index in [0.717, 1.165) is 16.7 Å². The first-order chi connectivity index (χ1) is 12.3. The molecule has 3 heterocycles. The summed E-state index contributed by atoms with van der Waals surface area (Å²) in [7, 11) is 0. The molecule has 3 aromatic rings. The second-order valence-electron chi connectivity index (χ2n) is 5.53. The maximum absolute atomic E-state index is 12.7. The minimum absolute atomic E-state index is 0.106. The molecule has 0 spiro atoms. The maximum Gasteiger partial charge on any atom is 0.242 e. The van der Waals surface area contributed by atoms with E-state index in [-0.39, 0.29) is 5.91 Å². The predicted molar refractivity (Wildman–Crippen MR) is 94.1 cm³/mol. The van der Waals surface area contributed by atoms with Crippen molar-refractivity contribution in [2.24, 2.45) is 0 Å². The quantitative estimate of drug-likeness (QED) is 0.691. The molecule has 3 rings (SSSR count). The first-order valence-electron chi connectivity index (χ1n) is 8.02. The molecule has 0 fully saturated rings. The van der Waals surface area contributed by atoms with Gasteiger partial charge >= 0.3 is 0 Å². The third kappa shape index (κ3) is 4.92.